The van der Waals surface area contributed by atoms with Gasteiger partial charge in [0.25, 0.3) is 11.8 Å². The Kier molecular flexibility index (Phi) is 5.20. The zero-order valence-electron chi connectivity index (χ0n) is 16.0. The van der Waals surface area contributed by atoms with Gasteiger partial charge in [-0.05, 0) is 43.0 Å². The molecule has 2 saturated heterocycles. The second kappa shape index (κ2) is 7.66. The van der Waals surface area contributed by atoms with E-state index in [-0.39, 0.29) is 42.5 Å². The normalized spacial score (nSPS) is 27.9. The summed E-state index contributed by atoms with van der Waals surface area (Å²) in [6.45, 7) is 2.11. The number of nitrogens with one attached hydrogen (secondary N) is 1. The van der Waals surface area contributed by atoms with Crippen LogP contribution >= 0.6 is 0 Å². The lowest BCUT2D eigenvalue weighted by Gasteiger charge is -2.35. The van der Waals surface area contributed by atoms with Crippen molar-refractivity contribution in [3.8, 4) is 0 Å². The van der Waals surface area contributed by atoms with E-state index < -0.39 is 29.7 Å². The van der Waals surface area contributed by atoms with Crippen LogP contribution in [0.5, 0.6) is 0 Å². The molecular weight excluding hydrogens is 376 g/mol. The minimum atomic E-state index is -0.959. The Bertz CT molecular complexity index is 886. The molecule has 4 N–H and O–H groups in total. The quantitative estimate of drug-likeness (QED) is 0.565. The van der Waals surface area contributed by atoms with Crippen LogP contribution in [0.4, 0.5) is 0 Å². The molecule has 0 spiro atoms. The SMILES string of the molecule is N[C@@H]1CN(Cc2ccc3c(c2)C(=O)N(C2CCC(=O)NC2=O)C3=O)CC[C@H]1CO. The van der Waals surface area contributed by atoms with Crippen LogP contribution in [-0.4, -0.2) is 70.3 Å². The van der Waals surface area contributed by atoms with Crippen LogP contribution in [0.1, 0.15) is 45.5 Å². The van der Waals surface area contributed by atoms with E-state index in [9.17, 15) is 24.3 Å². The molecule has 0 radical (unpaired) electrons. The van der Waals surface area contributed by atoms with Gasteiger partial charge in [-0.25, -0.2) is 0 Å². The first-order chi connectivity index (χ1) is 13.9. The highest BCUT2D eigenvalue weighted by Crippen LogP contribution is 2.29. The third-order valence-corrected chi connectivity index (χ3v) is 6.04. The summed E-state index contributed by atoms with van der Waals surface area (Å²) in [6.07, 6.45) is 1.04. The van der Waals surface area contributed by atoms with E-state index in [0.29, 0.717) is 13.1 Å². The molecule has 3 heterocycles. The van der Waals surface area contributed by atoms with Crippen molar-refractivity contribution in [2.45, 2.75) is 37.9 Å². The molecular formula is C20H24N4O5. The maximum Gasteiger partial charge on any atom is 0.262 e. The van der Waals surface area contributed by atoms with Gasteiger partial charge < -0.3 is 10.8 Å². The third kappa shape index (κ3) is 3.57. The van der Waals surface area contributed by atoms with Crippen molar-refractivity contribution in [1.29, 1.82) is 0 Å². The van der Waals surface area contributed by atoms with Gasteiger partial charge in [0.2, 0.25) is 11.8 Å². The molecule has 9 nitrogen and oxygen atoms in total. The smallest absolute Gasteiger partial charge is 0.262 e. The maximum absolute atomic E-state index is 12.9. The van der Waals surface area contributed by atoms with E-state index in [1.807, 2.05) is 6.07 Å². The number of rotatable bonds is 4. The van der Waals surface area contributed by atoms with Gasteiger partial charge in [0.1, 0.15) is 6.04 Å². The Morgan fingerprint density at radius 1 is 1.10 bits per heavy atom. The maximum atomic E-state index is 12.9. The van der Waals surface area contributed by atoms with E-state index in [1.54, 1.807) is 12.1 Å². The first kappa shape index (κ1) is 19.7. The van der Waals surface area contributed by atoms with Gasteiger partial charge in [0, 0.05) is 32.2 Å². The summed E-state index contributed by atoms with van der Waals surface area (Å²) in [6, 6.07) is 4.07. The molecule has 2 fully saturated rings. The average molecular weight is 400 g/mol. The molecule has 4 amide bonds. The third-order valence-electron chi connectivity index (χ3n) is 6.04. The largest absolute Gasteiger partial charge is 0.396 e. The lowest BCUT2D eigenvalue weighted by molar-refractivity contribution is -0.136. The van der Waals surface area contributed by atoms with Gasteiger partial charge in [0.05, 0.1) is 11.1 Å². The minimum absolute atomic E-state index is 0.0840. The highest BCUT2D eigenvalue weighted by atomic mass is 16.3. The summed E-state index contributed by atoms with van der Waals surface area (Å²) < 4.78 is 0. The fourth-order valence-corrected chi connectivity index (χ4v) is 4.35. The Labute approximate surface area is 167 Å². The van der Waals surface area contributed by atoms with E-state index >= 15 is 0 Å². The van der Waals surface area contributed by atoms with E-state index in [2.05, 4.69) is 10.2 Å². The number of carbonyl (C=O) groups excluding carboxylic acids is 4. The van der Waals surface area contributed by atoms with E-state index in [1.165, 1.54) is 0 Å². The average Bonchev–Trinajstić information content (AvgIpc) is 2.93. The topological polar surface area (TPSA) is 133 Å². The Balaban J connectivity index is 1.50. The summed E-state index contributed by atoms with van der Waals surface area (Å²) in [7, 11) is 0. The number of carbonyl (C=O) groups is 4. The van der Waals surface area contributed by atoms with Crippen molar-refractivity contribution in [2.24, 2.45) is 11.7 Å². The summed E-state index contributed by atoms with van der Waals surface area (Å²) in [5.41, 5.74) is 7.56. The van der Waals surface area contributed by atoms with Gasteiger partial charge in [0.15, 0.2) is 0 Å². The van der Waals surface area contributed by atoms with Gasteiger partial charge in [-0.15, -0.1) is 0 Å². The van der Waals surface area contributed by atoms with Crippen LogP contribution in [0.15, 0.2) is 18.2 Å². The van der Waals surface area contributed by atoms with Crippen LogP contribution in [0, 0.1) is 5.92 Å². The Hall–Kier alpha value is -2.62. The predicted molar refractivity (Wildman–Crippen MR) is 102 cm³/mol. The van der Waals surface area contributed by atoms with E-state index in [4.69, 9.17) is 5.73 Å². The highest BCUT2D eigenvalue weighted by Gasteiger charge is 2.44. The second-order valence-corrected chi connectivity index (χ2v) is 7.96. The molecule has 1 aromatic rings. The number of piperidine rings is 2. The van der Waals surface area contributed by atoms with Gasteiger partial charge in [-0.3, -0.25) is 34.3 Å². The number of aliphatic hydroxyl groups excluding tert-OH is 1. The standard InChI is InChI=1S/C20H24N4O5/c21-15-9-23(6-5-12(15)10-25)8-11-1-2-13-14(7-11)20(29)24(19(13)28)16-3-4-17(26)22-18(16)27/h1-2,7,12,15-16,25H,3-6,8-10,21H2,(H,22,26,27)/t12-,15+,16?/m0/s1. The molecule has 0 bridgehead atoms. The van der Waals surface area contributed by atoms with Gasteiger partial charge in [-0.1, -0.05) is 6.07 Å². The molecule has 3 aliphatic rings. The van der Waals surface area contributed by atoms with Crippen LogP contribution in [0.3, 0.4) is 0 Å². The molecule has 0 aliphatic carbocycles. The summed E-state index contributed by atoms with van der Waals surface area (Å²) in [4.78, 5) is 52.3. The van der Waals surface area contributed by atoms with Crippen molar-refractivity contribution in [3.63, 3.8) is 0 Å². The van der Waals surface area contributed by atoms with E-state index in [0.717, 1.165) is 23.4 Å². The van der Waals surface area contributed by atoms with Crippen LogP contribution < -0.4 is 11.1 Å². The fraction of sp³-hybridized carbons (Fsp3) is 0.500. The number of nitrogens with zero attached hydrogens (tertiary/aromatic N) is 2. The number of nitrogens with two attached hydrogens (primary N) is 1. The highest BCUT2D eigenvalue weighted by molar-refractivity contribution is 6.23. The number of fused-ring (bicyclic) bond motifs is 1. The molecule has 3 aliphatic heterocycles. The van der Waals surface area contributed by atoms with Crippen LogP contribution in [-0.2, 0) is 16.1 Å². The van der Waals surface area contributed by atoms with Crippen molar-refractivity contribution < 1.29 is 24.3 Å². The van der Waals surface area contributed by atoms with Crippen molar-refractivity contribution in [2.75, 3.05) is 19.7 Å². The number of hydrogen-bond donors (Lipinski definition) is 3. The monoisotopic (exact) mass is 400 g/mol. The number of imide groups is 2. The molecule has 29 heavy (non-hydrogen) atoms. The Morgan fingerprint density at radius 3 is 2.55 bits per heavy atom. The second-order valence-electron chi connectivity index (χ2n) is 7.96. The number of likely N-dealkylation sites (tertiary alicyclic amines) is 1. The van der Waals surface area contributed by atoms with Crippen LogP contribution in [0.2, 0.25) is 0 Å². The zero-order chi connectivity index (χ0) is 20.7. The minimum Gasteiger partial charge on any atom is -0.396 e. The lowest BCUT2D eigenvalue weighted by atomic mass is 9.92. The zero-order valence-corrected chi connectivity index (χ0v) is 16.0. The molecule has 4 rings (SSSR count). The van der Waals surface area contributed by atoms with Gasteiger partial charge >= 0.3 is 0 Å². The lowest BCUT2D eigenvalue weighted by Crippen LogP contribution is -2.54. The molecule has 1 unspecified atom stereocenters. The first-order valence-electron chi connectivity index (χ1n) is 9.82. The molecule has 9 heteroatoms. The summed E-state index contributed by atoms with van der Waals surface area (Å²) in [5.74, 6) is -1.91. The van der Waals surface area contributed by atoms with Crippen molar-refractivity contribution in [1.82, 2.24) is 15.1 Å². The summed E-state index contributed by atoms with van der Waals surface area (Å²) in [5, 5.41) is 11.5. The van der Waals surface area contributed by atoms with Gasteiger partial charge in [-0.2, -0.15) is 0 Å². The molecule has 154 valence electrons. The number of aliphatic hydroxyl groups is 1. The number of benzene rings is 1. The van der Waals surface area contributed by atoms with Crippen molar-refractivity contribution in [3.05, 3.63) is 34.9 Å². The number of hydrogen-bond acceptors (Lipinski definition) is 7. The summed E-state index contributed by atoms with van der Waals surface area (Å²) >= 11 is 0. The first-order valence-corrected chi connectivity index (χ1v) is 9.82. The fourth-order valence-electron chi connectivity index (χ4n) is 4.35. The Morgan fingerprint density at radius 2 is 1.86 bits per heavy atom. The molecule has 3 atom stereocenters. The molecule has 0 aromatic heterocycles. The predicted octanol–water partition coefficient (Wildman–Crippen LogP) is -0.771. The molecule has 0 saturated carbocycles. The van der Waals surface area contributed by atoms with Crippen LogP contribution in [0.25, 0.3) is 0 Å². The van der Waals surface area contributed by atoms with Crippen molar-refractivity contribution >= 4 is 23.6 Å². The molecule has 1 aromatic carbocycles. The number of amides is 4.